The van der Waals surface area contributed by atoms with E-state index < -0.39 is 0 Å². The van der Waals surface area contributed by atoms with Gasteiger partial charge >= 0.3 is 0 Å². The molecule has 25 heavy (non-hydrogen) atoms. The molecule has 0 unspecified atom stereocenters. The lowest BCUT2D eigenvalue weighted by molar-refractivity contribution is -0.129. The van der Waals surface area contributed by atoms with E-state index in [9.17, 15) is 5.11 Å². The fourth-order valence-electron chi connectivity index (χ4n) is 8.87. The van der Waals surface area contributed by atoms with Gasteiger partial charge in [-0.2, -0.15) is 0 Å². The van der Waals surface area contributed by atoms with Gasteiger partial charge in [0.1, 0.15) is 0 Å². The maximum absolute atomic E-state index is 10.2. The standard InChI is InChI=1S/C24H42O/c1-5-6-16(2)20-9-10-21-19-8-7-17-15-18(25)11-13-23(17,3)22(19)12-14-24(20,21)4/h16-22,25H,5-15H2,1-4H3/t16-,17+,18+,19+,20-,21+,22+,23+,24-/m1/s1. The second-order valence-electron chi connectivity index (χ2n) is 11.1. The van der Waals surface area contributed by atoms with Gasteiger partial charge < -0.3 is 5.11 Å². The molecule has 0 radical (unpaired) electrons. The zero-order valence-electron chi connectivity index (χ0n) is 17.3. The molecule has 4 saturated carbocycles. The highest BCUT2D eigenvalue weighted by molar-refractivity contribution is 5.09. The van der Waals surface area contributed by atoms with Crippen molar-refractivity contribution in [1.29, 1.82) is 0 Å². The Bertz CT molecular complexity index is 486. The van der Waals surface area contributed by atoms with E-state index in [1.165, 1.54) is 57.8 Å². The molecule has 0 aliphatic heterocycles. The van der Waals surface area contributed by atoms with Crippen molar-refractivity contribution in [3.63, 3.8) is 0 Å². The maximum Gasteiger partial charge on any atom is 0.0543 e. The molecule has 1 heteroatoms. The molecule has 0 saturated heterocycles. The number of aliphatic hydroxyl groups is 1. The lowest BCUT2D eigenvalue weighted by Gasteiger charge is -2.61. The molecule has 1 nitrogen and oxygen atoms in total. The summed E-state index contributed by atoms with van der Waals surface area (Å²) in [6.45, 7) is 10.2. The monoisotopic (exact) mass is 346 g/mol. The normalized spacial score (nSPS) is 53.6. The number of hydrogen-bond donors (Lipinski definition) is 1. The molecule has 0 bridgehead atoms. The Labute approximate surface area is 156 Å². The third-order valence-corrected chi connectivity index (χ3v) is 10.1. The van der Waals surface area contributed by atoms with Gasteiger partial charge in [0.05, 0.1) is 6.10 Å². The maximum atomic E-state index is 10.2. The highest BCUT2D eigenvalue weighted by atomic mass is 16.3. The minimum absolute atomic E-state index is 0.00534. The topological polar surface area (TPSA) is 20.2 Å². The first-order valence-corrected chi connectivity index (χ1v) is 11.6. The lowest BCUT2D eigenvalue weighted by atomic mass is 9.44. The van der Waals surface area contributed by atoms with Crippen LogP contribution in [0.2, 0.25) is 0 Å². The van der Waals surface area contributed by atoms with Gasteiger partial charge in [-0.1, -0.05) is 40.5 Å². The highest BCUT2D eigenvalue weighted by Gasteiger charge is 2.60. The minimum Gasteiger partial charge on any atom is -0.393 e. The number of rotatable bonds is 3. The molecule has 0 amide bonds. The number of fused-ring (bicyclic) bond motifs is 5. The Morgan fingerprint density at radius 2 is 1.64 bits per heavy atom. The zero-order valence-corrected chi connectivity index (χ0v) is 17.3. The first-order valence-electron chi connectivity index (χ1n) is 11.6. The third kappa shape index (κ3) is 2.74. The molecule has 4 rings (SSSR count). The van der Waals surface area contributed by atoms with Crippen molar-refractivity contribution >= 4 is 0 Å². The van der Waals surface area contributed by atoms with Crippen LogP contribution in [0.1, 0.15) is 98.3 Å². The first kappa shape index (κ1) is 18.3. The molecule has 4 fully saturated rings. The third-order valence-electron chi connectivity index (χ3n) is 10.1. The minimum atomic E-state index is -0.00534. The van der Waals surface area contributed by atoms with E-state index >= 15 is 0 Å². The van der Waals surface area contributed by atoms with Crippen LogP contribution in [-0.2, 0) is 0 Å². The molecule has 1 N–H and O–H groups in total. The van der Waals surface area contributed by atoms with Crippen LogP contribution in [0.3, 0.4) is 0 Å². The molecule has 0 aromatic rings. The van der Waals surface area contributed by atoms with Crippen molar-refractivity contribution in [3.05, 3.63) is 0 Å². The van der Waals surface area contributed by atoms with Crippen molar-refractivity contribution in [1.82, 2.24) is 0 Å². The Morgan fingerprint density at radius 3 is 2.40 bits per heavy atom. The van der Waals surface area contributed by atoms with Crippen LogP contribution >= 0.6 is 0 Å². The van der Waals surface area contributed by atoms with Crippen LogP contribution in [0.5, 0.6) is 0 Å². The second-order valence-corrected chi connectivity index (χ2v) is 11.1. The molecule has 0 aromatic carbocycles. The molecule has 144 valence electrons. The highest BCUT2D eigenvalue weighted by Crippen LogP contribution is 2.68. The molecular weight excluding hydrogens is 304 g/mol. The van der Waals surface area contributed by atoms with Gasteiger partial charge in [-0.15, -0.1) is 0 Å². The summed E-state index contributed by atoms with van der Waals surface area (Å²) in [6.07, 6.45) is 15.1. The van der Waals surface area contributed by atoms with E-state index in [0.29, 0.717) is 10.8 Å². The summed E-state index contributed by atoms with van der Waals surface area (Å²) in [5, 5.41) is 10.2. The van der Waals surface area contributed by atoms with Gasteiger partial charge in [-0.3, -0.25) is 0 Å². The van der Waals surface area contributed by atoms with Gasteiger partial charge in [0.15, 0.2) is 0 Å². The van der Waals surface area contributed by atoms with Gasteiger partial charge in [-0.05, 0) is 104 Å². The summed E-state index contributed by atoms with van der Waals surface area (Å²) in [5.41, 5.74) is 1.17. The van der Waals surface area contributed by atoms with Crippen LogP contribution < -0.4 is 0 Å². The molecule has 0 spiro atoms. The smallest absolute Gasteiger partial charge is 0.0543 e. The Hall–Kier alpha value is -0.0400. The molecule has 4 aliphatic rings. The molecule has 9 atom stereocenters. The Balaban J connectivity index is 1.56. The van der Waals surface area contributed by atoms with Gasteiger partial charge in [0.2, 0.25) is 0 Å². The van der Waals surface area contributed by atoms with E-state index in [-0.39, 0.29) is 6.10 Å². The van der Waals surface area contributed by atoms with Crippen molar-refractivity contribution in [3.8, 4) is 0 Å². The molecule has 0 aromatic heterocycles. The van der Waals surface area contributed by atoms with E-state index in [2.05, 4.69) is 27.7 Å². The van der Waals surface area contributed by atoms with E-state index in [1.54, 1.807) is 0 Å². The summed E-state index contributed by atoms with van der Waals surface area (Å²) < 4.78 is 0. The predicted molar refractivity (Wildman–Crippen MR) is 105 cm³/mol. The van der Waals surface area contributed by atoms with Gasteiger partial charge in [-0.25, -0.2) is 0 Å². The number of hydrogen-bond acceptors (Lipinski definition) is 1. The van der Waals surface area contributed by atoms with Crippen molar-refractivity contribution in [2.24, 2.45) is 46.3 Å². The van der Waals surface area contributed by atoms with E-state index in [1.807, 2.05) is 0 Å². The van der Waals surface area contributed by atoms with Crippen molar-refractivity contribution in [2.45, 2.75) is 104 Å². The average Bonchev–Trinajstić information content (AvgIpc) is 2.93. The van der Waals surface area contributed by atoms with Crippen LogP contribution in [-0.4, -0.2) is 11.2 Å². The van der Waals surface area contributed by atoms with Crippen LogP contribution in [0.4, 0.5) is 0 Å². The average molecular weight is 347 g/mol. The SMILES string of the molecule is CCC[C@@H](C)[C@H]1CC[C@H]2[C@@H]3CC[C@H]4C[C@@H](O)CC[C@]4(C)[C@H]3CC[C@]12C. The summed E-state index contributed by atoms with van der Waals surface area (Å²) in [5.74, 6) is 5.66. The summed E-state index contributed by atoms with van der Waals surface area (Å²) >= 11 is 0. The van der Waals surface area contributed by atoms with Crippen LogP contribution in [0, 0.1) is 46.3 Å². The fourth-order valence-corrected chi connectivity index (χ4v) is 8.87. The Kier molecular flexibility index (Phi) is 4.79. The molecule has 4 aliphatic carbocycles. The summed E-state index contributed by atoms with van der Waals surface area (Å²) in [4.78, 5) is 0. The summed E-state index contributed by atoms with van der Waals surface area (Å²) in [6, 6.07) is 0. The molecular formula is C24H42O. The largest absolute Gasteiger partial charge is 0.393 e. The fraction of sp³-hybridized carbons (Fsp3) is 1.00. The predicted octanol–water partition coefficient (Wildman–Crippen LogP) is 6.44. The van der Waals surface area contributed by atoms with E-state index in [4.69, 9.17) is 0 Å². The number of aliphatic hydroxyl groups excluding tert-OH is 1. The molecule has 0 heterocycles. The van der Waals surface area contributed by atoms with E-state index in [0.717, 1.165) is 48.3 Å². The van der Waals surface area contributed by atoms with Gasteiger partial charge in [0, 0.05) is 0 Å². The zero-order chi connectivity index (χ0) is 17.8. The quantitative estimate of drug-likeness (QED) is 0.623. The lowest BCUT2D eigenvalue weighted by Crippen LogP contribution is -2.54. The first-order chi connectivity index (χ1) is 11.9. The van der Waals surface area contributed by atoms with Crippen molar-refractivity contribution < 1.29 is 5.11 Å². The summed E-state index contributed by atoms with van der Waals surface area (Å²) in [7, 11) is 0. The van der Waals surface area contributed by atoms with Gasteiger partial charge in [0.25, 0.3) is 0 Å². The second kappa shape index (κ2) is 6.54. The van der Waals surface area contributed by atoms with Crippen LogP contribution in [0.25, 0.3) is 0 Å². The Morgan fingerprint density at radius 1 is 0.920 bits per heavy atom. The van der Waals surface area contributed by atoms with Crippen LogP contribution in [0.15, 0.2) is 0 Å². The van der Waals surface area contributed by atoms with Crippen molar-refractivity contribution in [2.75, 3.05) is 0 Å².